The summed E-state index contributed by atoms with van der Waals surface area (Å²) in [6.45, 7) is 5.01. The van der Waals surface area contributed by atoms with E-state index >= 15 is 0 Å². The molecule has 0 heterocycles. The Labute approximate surface area is 282 Å². The Morgan fingerprint density at radius 1 is 0.696 bits per heavy atom. The highest BCUT2D eigenvalue weighted by atomic mass is 31.2. The van der Waals surface area contributed by atoms with E-state index in [1.54, 1.807) is 0 Å². The van der Waals surface area contributed by atoms with E-state index in [-0.39, 0.29) is 32.2 Å². The van der Waals surface area contributed by atoms with Gasteiger partial charge in [0.25, 0.3) is 7.82 Å². The van der Waals surface area contributed by atoms with Crippen molar-refractivity contribution in [3.05, 3.63) is 48.6 Å². The zero-order chi connectivity index (χ0) is 34.2. The van der Waals surface area contributed by atoms with Gasteiger partial charge in [-0.3, -0.25) is 9.36 Å². The summed E-state index contributed by atoms with van der Waals surface area (Å²) in [6.07, 6.45) is 35.2. The third kappa shape index (κ3) is 33.8. The summed E-state index contributed by atoms with van der Waals surface area (Å²) >= 11 is 0. The quantitative estimate of drug-likeness (QED) is 0.0232. The van der Waals surface area contributed by atoms with Crippen molar-refractivity contribution < 1.29 is 37.3 Å². The molecule has 0 amide bonds. The lowest BCUT2D eigenvalue weighted by Gasteiger charge is -2.28. The maximum Gasteiger partial charge on any atom is 0.306 e. The van der Waals surface area contributed by atoms with Crippen LogP contribution in [0.1, 0.15) is 123 Å². The van der Waals surface area contributed by atoms with Crippen molar-refractivity contribution in [1.82, 2.24) is 0 Å². The van der Waals surface area contributed by atoms with Gasteiger partial charge in [0, 0.05) is 13.0 Å². The number of phosphoric ester groups is 1. The van der Waals surface area contributed by atoms with E-state index < -0.39 is 13.9 Å². The first-order valence-corrected chi connectivity index (χ1v) is 19.3. The fourth-order valence-corrected chi connectivity index (χ4v) is 5.06. The average molecular weight is 670 g/mol. The summed E-state index contributed by atoms with van der Waals surface area (Å²) in [5.41, 5.74) is 0. The zero-order valence-corrected chi connectivity index (χ0v) is 30.9. The van der Waals surface area contributed by atoms with Crippen LogP contribution in [0.5, 0.6) is 0 Å². The van der Waals surface area contributed by atoms with Crippen molar-refractivity contribution in [3.8, 4) is 0 Å². The van der Waals surface area contributed by atoms with Crippen molar-refractivity contribution in [2.45, 2.75) is 129 Å². The van der Waals surface area contributed by atoms with Crippen molar-refractivity contribution >= 4 is 13.8 Å². The highest BCUT2D eigenvalue weighted by Crippen LogP contribution is 2.38. The van der Waals surface area contributed by atoms with Crippen molar-refractivity contribution in [3.63, 3.8) is 0 Å². The molecule has 0 aromatic rings. The minimum atomic E-state index is -4.50. The maximum atomic E-state index is 12.1. The van der Waals surface area contributed by atoms with E-state index in [0.29, 0.717) is 24.1 Å². The van der Waals surface area contributed by atoms with Crippen LogP contribution in [0.4, 0.5) is 0 Å². The third-order valence-corrected chi connectivity index (χ3v) is 8.11. The van der Waals surface area contributed by atoms with Gasteiger partial charge in [-0.2, -0.15) is 0 Å². The minimum absolute atomic E-state index is 0.0222. The molecule has 8 nitrogen and oxygen atoms in total. The number of unbranched alkanes of at least 4 members (excludes halogenated alkanes) is 10. The normalized spacial score (nSPS) is 14.7. The Morgan fingerprint density at radius 2 is 1.24 bits per heavy atom. The predicted molar refractivity (Wildman–Crippen MR) is 190 cm³/mol. The lowest BCUT2D eigenvalue weighted by molar-refractivity contribution is -0.870. The maximum absolute atomic E-state index is 12.1. The standard InChI is InChI=1S/C37H68NO7P/c1-6-8-10-11-12-13-14-15-16-17-18-19-20-21-22-23-24-25-26-27-28-29-32-42-34-36(45-37(39)30-9-7-2)35-44-46(40,41)43-33-31-38(3,4)5/h8,10,12-13,15-16,18-19,36H,6-7,9,11,14,17,20-35H2,1-5H3/b10-8-,13-12-,16-15-,19-18-. The Balaban J connectivity index is 3.91. The molecule has 268 valence electrons. The second-order valence-corrected chi connectivity index (χ2v) is 14.3. The van der Waals surface area contributed by atoms with Crippen molar-refractivity contribution in [2.24, 2.45) is 0 Å². The molecule has 0 saturated carbocycles. The number of phosphoric acid groups is 1. The largest absolute Gasteiger partial charge is 0.756 e. The number of hydrogen-bond donors (Lipinski definition) is 0. The number of ether oxygens (including phenoxy) is 2. The predicted octanol–water partition coefficient (Wildman–Crippen LogP) is 9.02. The third-order valence-electron chi connectivity index (χ3n) is 7.14. The second-order valence-electron chi connectivity index (χ2n) is 12.9. The summed E-state index contributed by atoms with van der Waals surface area (Å²) in [4.78, 5) is 24.3. The van der Waals surface area contributed by atoms with E-state index in [2.05, 4.69) is 55.5 Å². The van der Waals surface area contributed by atoms with Crippen molar-refractivity contribution in [2.75, 3.05) is 54.1 Å². The van der Waals surface area contributed by atoms with Gasteiger partial charge in [-0.25, -0.2) is 0 Å². The molecule has 9 heteroatoms. The first-order valence-electron chi connectivity index (χ1n) is 17.9. The van der Waals surface area contributed by atoms with Crippen LogP contribution < -0.4 is 4.89 Å². The molecule has 0 aliphatic heterocycles. The fraction of sp³-hybridized carbons (Fsp3) is 0.757. The van der Waals surface area contributed by atoms with Gasteiger partial charge in [-0.15, -0.1) is 0 Å². The second kappa shape index (κ2) is 30.8. The molecule has 2 unspecified atom stereocenters. The van der Waals surface area contributed by atoms with Gasteiger partial charge in [0.1, 0.15) is 19.3 Å². The first kappa shape index (κ1) is 44.5. The van der Waals surface area contributed by atoms with Gasteiger partial charge in [0.15, 0.2) is 0 Å². The lowest BCUT2D eigenvalue weighted by atomic mass is 10.1. The number of quaternary nitrogens is 1. The van der Waals surface area contributed by atoms with E-state index in [1.165, 1.54) is 51.4 Å². The smallest absolute Gasteiger partial charge is 0.306 e. The molecular weight excluding hydrogens is 601 g/mol. The van der Waals surface area contributed by atoms with Gasteiger partial charge >= 0.3 is 5.97 Å². The van der Waals surface area contributed by atoms with Crippen LogP contribution in [-0.4, -0.2) is 70.7 Å². The number of hydrogen-bond acceptors (Lipinski definition) is 7. The minimum Gasteiger partial charge on any atom is -0.756 e. The molecule has 0 bridgehead atoms. The van der Waals surface area contributed by atoms with Gasteiger partial charge in [-0.1, -0.05) is 114 Å². The van der Waals surface area contributed by atoms with Crippen LogP contribution in [0.2, 0.25) is 0 Å². The van der Waals surface area contributed by atoms with Crippen LogP contribution in [-0.2, 0) is 27.9 Å². The zero-order valence-electron chi connectivity index (χ0n) is 30.0. The van der Waals surface area contributed by atoms with Crippen LogP contribution in [0, 0.1) is 0 Å². The number of esters is 1. The van der Waals surface area contributed by atoms with E-state index in [9.17, 15) is 14.3 Å². The molecule has 46 heavy (non-hydrogen) atoms. The molecule has 0 aliphatic rings. The number of allylic oxidation sites excluding steroid dienone is 8. The molecule has 0 rings (SSSR count). The van der Waals surface area contributed by atoms with Crippen LogP contribution in [0.25, 0.3) is 0 Å². The van der Waals surface area contributed by atoms with Gasteiger partial charge in [0.05, 0.1) is 34.4 Å². The molecule has 0 spiro atoms. The summed E-state index contributed by atoms with van der Waals surface area (Å²) < 4.78 is 33.9. The summed E-state index contributed by atoms with van der Waals surface area (Å²) in [7, 11) is 1.34. The van der Waals surface area contributed by atoms with Crippen LogP contribution >= 0.6 is 7.82 Å². The number of carbonyl (C=O) groups excluding carboxylic acids is 1. The van der Waals surface area contributed by atoms with E-state index in [1.807, 2.05) is 28.1 Å². The SMILES string of the molecule is CC/C=C\C/C=C\C/C=C\C/C=C\CCCCCCCCCCCOCC(COP(=O)([O-])OCC[N+](C)(C)C)OC(=O)CCCC. The van der Waals surface area contributed by atoms with E-state index in [4.69, 9.17) is 18.5 Å². The van der Waals surface area contributed by atoms with Gasteiger partial charge < -0.3 is 27.9 Å². The highest BCUT2D eigenvalue weighted by Gasteiger charge is 2.20. The Kier molecular flexibility index (Phi) is 29.7. The van der Waals surface area contributed by atoms with Crippen LogP contribution in [0.15, 0.2) is 48.6 Å². The number of carbonyl (C=O) groups is 1. The fourth-order valence-electron chi connectivity index (χ4n) is 4.34. The average Bonchev–Trinajstić information content (AvgIpc) is 3.00. The van der Waals surface area contributed by atoms with Crippen molar-refractivity contribution in [1.29, 1.82) is 0 Å². The molecule has 0 radical (unpaired) electrons. The molecule has 0 fully saturated rings. The monoisotopic (exact) mass is 669 g/mol. The van der Waals surface area contributed by atoms with Gasteiger partial charge in [-0.05, 0) is 51.4 Å². The first-order chi connectivity index (χ1) is 22.1. The summed E-state index contributed by atoms with van der Waals surface area (Å²) in [5.74, 6) is -0.375. The topological polar surface area (TPSA) is 94.1 Å². The lowest BCUT2D eigenvalue weighted by Crippen LogP contribution is -2.37. The molecular formula is C37H68NO7P. The number of nitrogens with zero attached hydrogens (tertiary/aromatic N) is 1. The molecule has 0 aromatic carbocycles. The molecule has 0 aliphatic carbocycles. The molecule has 2 atom stereocenters. The Hall–Kier alpha value is -1.54. The van der Waals surface area contributed by atoms with E-state index in [0.717, 1.165) is 44.9 Å². The highest BCUT2D eigenvalue weighted by molar-refractivity contribution is 7.45. The molecule has 0 saturated heterocycles. The van der Waals surface area contributed by atoms with Crippen LogP contribution in [0.3, 0.4) is 0 Å². The molecule has 0 N–H and O–H groups in total. The Bertz CT molecular complexity index is 879. The molecule has 0 aromatic heterocycles. The Morgan fingerprint density at radius 3 is 1.80 bits per heavy atom. The number of rotatable bonds is 32. The number of likely N-dealkylation sites (N-methyl/N-ethyl adjacent to an activating group) is 1. The van der Waals surface area contributed by atoms with Gasteiger partial charge in [0.2, 0.25) is 0 Å². The summed E-state index contributed by atoms with van der Waals surface area (Å²) in [6, 6.07) is 0. The summed E-state index contributed by atoms with van der Waals surface area (Å²) in [5, 5.41) is 0.